The van der Waals surface area contributed by atoms with Crippen LogP contribution in [0, 0.1) is 46.3 Å². The van der Waals surface area contributed by atoms with Crippen LogP contribution in [0.3, 0.4) is 0 Å². The highest BCUT2D eigenvalue weighted by atomic mass is 32.3. The molecule has 0 radical (unpaired) electrons. The van der Waals surface area contributed by atoms with E-state index in [0.717, 1.165) is 25.7 Å². The van der Waals surface area contributed by atoms with Gasteiger partial charge in [0.1, 0.15) is 5.78 Å². The summed E-state index contributed by atoms with van der Waals surface area (Å²) in [6.07, 6.45) is 5.84. The lowest BCUT2D eigenvalue weighted by Gasteiger charge is -2.63. The van der Waals surface area contributed by atoms with Crippen LogP contribution < -0.4 is 0 Å². The Balaban J connectivity index is 1.51. The Bertz CT molecular complexity index is 828. The molecule has 0 aliphatic heterocycles. The Hall–Kier alpha value is -0.540. The Morgan fingerprint density at radius 3 is 2.56 bits per heavy atom. The van der Waals surface area contributed by atoms with Gasteiger partial charge in [-0.2, -0.15) is 8.42 Å². The summed E-state index contributed by atoms with van der Waals surface area (Å²) in [7, 11) is -4.41. The van der Waals surface area contributed by atoms with Gasteiger partial charge in [-0.3, -0.25) is 9.35 Å². The van der Waals surface area contributed by atoms with Crippen LogP contribution in [0.2, 0.25) is 0 Å². The van der Waals surface area contributed by atoms with Crippen LogP contribution in [0.1, 0.15) is 78.6 Å². The molecule has 0 aromatic rings. The summed E-state index contributed by atoms with van der Waals surface area (Å²) < 4.78 is 34.8. The molecular weight excluding hydrogens is 432 g/mol. The molecule has 0 spiro atoms. The highest BCUT2D eigenvalue weighted by Gasteiger charge is 2.65. The molecule has 32 heavy (non-hydrogen) atoms. The van der Waals surface area contributed by atoms with Crippen molar-refractivity contribution in [1.82, 2.24) is 0 Å². The van der Waals surface area contributed by atoms with Crippen LogP contribution in [0.15, 0.2) is 0 Å². The molecule has 0 saturated heterocycles. The SMILES string of the molecule is C[C@@H](CCCOS(=O)(=O)O)[C@@H]1CC[C@@H]2[C@@H]3C(C[C@@H](O)[C@]21C)[C@]1(C)CCC(=O)C[C@H]1C[C@@H]3O. The van der Waals surface area contributed by atoms with Crippen LogP contribution in [0.5, 0.6) is 0 Å². The molecule has 184 valence electrons. The van der Waals surface area contributed by atoms with E-state index in [4.69, 9.17) is 4.55 Å². The summed E-state index contributed by atoms with van der Waals surface area (Å²) in [5.41, 5.74) is -0.268. The topological polar surface area (TPSA) is 121 Å². The quantitative estimate of drug-likeness (QED) is 0.400. The zero-order valence-corrected chi connectivity index (χ0v) is 20.4. The van der Waals surface area contributed by atoms with E-state index in [1.165, 1.54) is 0 Å². The van der Waals surface area contributed by atoms with Gasteiger partial charge in [0.05, 0.1) is 18.8 Å². The van der Waals surface area contributed by atoms with Gasteiger partial charge in [0, 0.05) is 12.8 Å². The van der Waals surface area contributed by atoms with Crippen molar-refractivity contribution < 1.29 is 32.2 Å². The minimum Gasteiger partial charge on any atom is -0.393 e. The molecule has 4 saturated carbocycles. The fourth-order valence-electron chi connectivity index (χ4n) is 8.72. The van der Waals surface area contributed by atoms with Gasteiger partial charge < -0.3 is 10.2 Å². The average Bonchev–Trinajstić information content (AvgIpc) is 3.05. The van der Waals surface area contributed by atoms with Crippen LogP contribution >= 0.6 is 0 Å². The van der Waals surface area contributed by atoms with Crippen LogP contribution in [0.25, 0.3) is 0 Å². The first-order valence-electron chi connectivity index (χ1n) is 12.4. The molecule has 3 N–H and O–H groups in total. The Labute approximate surface area is 192 Å². The minimum absolute atomic E-state index is 0.0109. The molecule has 0 aromatic carbocycles. The number of aliphatic hydroxyl groups excluding tert-OH is 2. The van der Waals surface area contributed by atoms with E-state index in [9.17, 15) is 23.4 Å². The molecule has 0 heterocycles. The summed E-state index contributed by atoms with van der Waals surface area (Å²) in [4.78, 5) is 12.1. The standard InChI is InChI=1S/C24H40O7S/c1-14(5-4-10-31-32(28,29)30)17-6-7-18-22-19(13-21(27)24(17,18)3)23(2)9-8-16(25)11-15(23)12-20(22)26/h14-15,17-22,26-27H,4-13H2,1-3H3,(H,28,29,30)/t14-,15-,17-,18+,19?,20-,21+,22+,23+,24-/m0/s1. The van der Waals surface area contributed by atoms with E-state index in [1.807, 2.05) is 0 Å². The summed E-state index contributed by atoms with van der Waals surface area (Å²) in [6.45, 7) is 6.62. The van der Waals surface area contributed by atoms with Crippen molar-refractivity contribution in [3.63, 3.8) is 0 Å². The monoisotopic (exact) mass is 472 g/mol. The number of hydrogen-bond acceptors (Lipinski definition) is 6. The van der Waals surface area contributed by atoms with E-state index in [0.29, 0.717) is 43.8 Å². The second-order valence-corrected chi connectivity index (χ2v) is 12.8. The van der Waals surface area contributed by atoms with Gasteiger partial charge in [-0.1, -0.05) is 20.8 Å². The predicted octanol–water partition coefficient (Wildman–Crippen LogP) is 3.39. The smallest absolute Gasteiger partial charge is 0.393 e. The van der Waals surface area contributed by atoms with Crippen molar-refractivity contribution >= 4 is 16.2 Å². The molecule has 8 heteroatoms. The van der Waals surface area contributed by atoms with Crippen LogP contribution in [-0.4, -0.2) is 47.8 Å². The van der Waals surface area contributed by atoms with E-state index in [-0.39, 0.29) is 47.0 Å². The van der Waals surface area contributed by atoms with Gasteiger partial charge in [-0.05, 0) is 91.3 Å². The van der Waals surface area contributed by atoms with E-state index < -0.39 is 22.6 Å². The third-order valence-corrected chi connectivity index (χ3v) is 10.9. The maximum absolute atomic E-state index is 12.1. The number of aliphatic hydroxyl groups is 2. The van der Waals surface area contributed by atoms with Crippen molar-refractivity contribution in [2.45, 2.75) is 90.8 Å². The highest BCUT2D eigenvalue weighted by Crippen LogP contribution is 2.68. The Morgan fingerprint density at radius 2 is 1.88 bits per heavy atom. The first-order chi connectivity index (χ1) is 14.9. The molecule has 1 unspecified atom stereocenters. The van der Waals surface area contributed by atoms with Gasteiger partial charge in [0.25, 0.3) is 0 Å². The Kier molecular flexibility index (Phi) is 6.60. The zero-order chi connectivity index (χ0) is 23.5. The largest absolute Gasteiger partial charge is 0.397 e. The van der Waals surface area contributed by atoms with Gasteiger partial charge in [-0.25, -0.2) is 4.18 Å². The summed E-state index contributed by atoms with van der Waals surface area (Å²) in [5.74, 6) is 1.76. The third-order valence-electron chi connectivity index (χ3n) is 10.4. The predicted molar refractivity (Wildman–Crippen MR) is 119 cm³/mol. The lowest BCUT2D eigenvalue weighted by molar-refractivity contribution is -0.201. The molecule has 4 rings (SSSR count). The summed E-state index contributed by atoms with van der Waals surface area (Å²) in [6, 6.07) is 0. The number of ketones is 1. The van der Waals surface area contributed by atoms with E-state index in [1.54, 1.807) is 0 Å². The molecule has 0 amide bonds. The maximum Gasteiger partial charge on any atom is 0.397 e. The van der Waals surface area contributed by atoms with Gasteiger partial charge >= 0.3 is 10.4 Å². The normalized spacial score (nSPS) is 47.4. The van der Waals surface area contributed by atoms with Gasteiger partial charge in [-0.15, -0.1) is 0 Å². The number of hydrogen-bond donors (Lipinski definition) is 3. The lowest BCUT2D eigenvalue weighted by atomic mass is 9.43. The van der Waals surface area contributed by atoms with Crippen molar-refractivity contribution in [2.24, 2.45) is 46.3 Å². The van der Waals surface area contributed by atoms with Crippen molar-refractivity contribution in [3.05, 3.63) is 0 Å². The summed E-state index contributed by atoms with van der Waals surface area (Å²) >= 11 is 0. The number of rotatable bonds is 6. The fraction of sp³-hybridized carbons (Fsp3) is 0.958. The molecule has 4 fully saturated rings. The number of Topliss-reactive ketones (excluding diaryl/α,β-unsaturated/α-hetero) is 1. The van der Waals surface area contributed by atoms with Crippen LogP contribution in [-0.2, 0) is 19.4 Å². The minimum atomic E-state index is -4.41. The Morgan fingerprint density at radius 1 is 1.16 bits per heavy atom. The molecule has 4 aliphatic rings. The lowest BCUT2D eigenvalue weighted by Crippen LogP contribution is -2.62. The average molecular weight is 473 g/mol. The van der Waals surface area contributed by atoms with Crippen LogP contribution in [0.4, 0.5) is 0 Å². The van der Waals surface area contributed by atoms with Gasteiger partial charge in [0.2, 0.25) is 0 Å². The van der Waals surface area contributed by atoms with Crippen molar-refractivity contribution in [2.75, 3.05) is 6.61 Å². The van der Waals surface area contributed by atoms with E-state index >= 15 is 0 Å². The van der Waals surface area contributed by atoms with E-state index in [2.05, 4.69) is 25.0 Å². The second kappa shape index (κ2) is 8.59. The molecule has 0 bridgehead atoms. The molecule has 0 aromatic heterocycles. The van der Waals surface area contributed by atoms with Crippen molar-refractivity contribution in [3.8, 4) is 0 Å². The first kappa shape index (κ1) is 24.6. The summed E-state index contributed by atoms with van der Waals surface area (Å²) in [5, 5.41) is 22.8. The molecule has 10 atom stereocenters. The maximum atomic E-state index is 12.1. The second-order valence-electron chi connectivity index (χ2n) is 11.7. The van der Waals surface area contributed by atoms with Gasteiger partial charge in [0.15, 0.2) is 0 Å². The zero-order valence-electron chi connectivity index (χ0n) is 19.6. The first-order valence-corrected chi connectivity index (χ1v) is 13.7. The van der Waals surface area contributed by atoms with Crippen molar-refractivity contribution in [1.29, 1.82) is 0 Å². The number of carbonyl (C=O) groups is 1. The molecular formula is C24H40O7S. The number of carbonyl (C=O) groups excluding carboxylic acids is 1. The molecule has 4 aliphatic carbocycles. The molecule has 7 nitrogen and oxygen atoms in total. The highest BCUT2D eigenvalue weighted by molar-refractivity contribution is 7.80. The fourth-order valence-corrected chi connectivity index (χ4v) is 9.04. The third kappa shape index (κ3) is 4.08. The number of fused-ring (bicyclic) bond motifs is 5.